The van der Waals surface area contributed by atoms with E-state index in [9.17, 15) is 0 Å². The first kappa shape index (κ1) is 18.5. The molecule has 6 heteroatoms. The highest BCUT2D eigenvalue weighted by molar-refractivity contribution is 5.79. The van der Waals surface area contributed by atoms with Crippen molar-refractivity contribution in [2.75, 3.05) is 33.4 Å². The highest BCUT2D eigenvalue weighted by atomic mass is 16.5. The van der Waals surface area contributed by atoms with Gasteiger partial charge in [0.2, 0.25) is 0 Å². The first-order valence-corrected chi connectivity index (χ1v) is 9.42. The molecule has 0 unspecified atom stereocenters. The monoisotopic (exact) mass is 355 g/mol. The summed E-state index contributed by atoms with van der Waals surface area (Å²) in [5.74, 6) is 1.72. The second-order valence-corrected chi connectivity index (χ2v) is 6.73. The first-order chi connectivity index (χ1) is 12.8. The Labute approximate surface area is 155 Å². The van der Waals surface area contributed by atoms with Crippen molar-refractivity contribution in [1.29, 1.82) is 0 Å². The van der Waals surface area contributed by atoms with E-state index in [-0.39, 0.29) is 0 Å². The van der Waals surface area contributed by atoms with Gasteiger partial charge in [0.15, 0.2) is 5.96 Å². The molecule has 1 saturated carbocycles. The summed E-state index contributed by atoms with van der Waals surface area (Å²) >= 11 is 0. The number of hydrogen-bond acceptors (Lipinski definition) is 3. The number of nitrogens with one attached hydrogen (secondary N) is 1. The van der Waals surface area contributed by atoms with E-state index in [2.05, 4.69) is 47.5 Å². The maximum atomic E-state index is 5.74. The molecular weight excluding hydrogens is 326 g/mol. The van der Waals surface area contributed by atoms with Crippen LogP contribution in [0.2, 0.25) is 0 Å². The predicted molar refractivity (Wildman–Crippen MR) is 105 cm³/mol. The molecule has 2 aromatic rings. The SMILES string of the molecule is CCNC(=NCc1cccc(-n2cccn2)c1)N(C)CCOCC1CC1. The standard InChI is InChI=1S/C20H29N5O/c1-3-21-20(24(2)12-13-26-16-17-8-9-17)22-15-18-6-4-7-19(14-18)25-11-5-10-23-25/h4-7,10-11,14,17H,3,8-9,12-13,15-16H2,1-2H3,(H,21,22). The topological polar surface area (TPSA) is 54.7 Å². The van der Waals surface area contributed by atoms with E-state index in [1.54, 1.807) is 6.20 Å². The fourth-order valence-corrected chi connectivity index (χ4v) is 2.70. The van der Waals surface area contributed by atoms with Gasteiger partial charge in [0, 0.05) is 39.1 Å². The van der Waals surface area contributed by atoms with Gasteiger partial charge in [0.05, 0.1) is 18.8 Å². The third-order valence-electron chi connectivity index (χ3n) is 4.41. The number of benzene rings is 1. The van der Waals surface area contributed by atoms with Gasteiger partial charge in [0.1, 0.15) is 0 Å². The van der Waals surface area contributed by atoms with Gasteiger partial charge in [0.25, 0.3) is 0 Å². The Bertz CT molecular complexity index is 694. The fourth-order valence-electron chi connectivity index (χ4n) is 2.70. The number of nitrogens with zero attached hydrogens (tertiary/aromatic N) is 4. The van der Waals surface area contributed by atoms with E-state index in [1.165, 1.54) is 12.8 Å². The molecule has 0 saturated heterocycles. The molecular formula is C20H29N5O. The number of guanidine groups is 1. The molecule has 1 aromatic carbocycles. The molecule has 6 nitrogen and oxygen atoms in total. The summed E-state index contributed by atoms with van der Waals surface area (Å²) in [6.07, 6.45) is 6.39. The van der Waals surface area contributed by atoms with Crippen LogP contribution in [0.3, 0.4) is 0 Å². The van der Waals surface area contributed by atoms with Gasteiger partial charge in [-0.15, -0.1) is 0 Å². The van der Waals surface area contributed by atoms with Crippen LogP contribution < -0.4 is 5.32 Å². The van der Waals surface area contributed by atoms with Crippen molar-refractivity contribution in [3.8, 4) is 5.69 Å². The molecule has 0 atom stereocenters. The summed E-state index contributed by atoms with van der Waals surface area (Å²) in [5, 5.41) is 7.65. The molecule has 3 rings (SSSR count). The van der Waals surface area contributed by atoms with Gasteiger partial charge in [-0.2, -0.15) is 5.10 Å². The van der Waals surface area contributed by atoms with Gasteiger partial charge in [-0.1, -0.05) is 12.1 Å². The third-order valence-corrected chi connectivity index (χ3v) is 4.41. The number of likely N-dealkylation sites (N-methyl/N-ethyl adjacent to an activating group) is 1. The number of hydrogen-bond donors (Lipinski definition) is 1. The normalized spacial score (nSPS) is 14.5. The molecule has 0 spiro atoms. The van der Waals surface area contributed by atoms with E-state index in [4.69, 9.17) is 9.73 Å². The third kappa shape index (κ3) is 5.59. The van der Waals surface area contributed by atoms with Gasteiger partial charge in [-0.3, -0.25) is 0 Å². The molecule has 1 N–H and O–H groups in total. The zero-order valence-corrected chi connectivity index (χ0v) is 15.8. The summed E-state index contributed by atoms with van der Waals surface area (Å²) in [6, 6.07) is 10.2. The summed E-state index contributed by atoms with van der Waals surface area (Å²) in [6.45, 7) is 6.05. The van der Waals surface area contributed by atoms with Crippen LogP contribution in [0, 0.1) is 5.92 Å². The van der Waals surface area contributed by atoms with Crippen molar-refractivity contribution in [2.45, 2.75) is 26.3 Å². The van der Waals surface area contributed by atoms with Crippen molar-refractivity contribution in [1.82, 2.24) is 20.0 Å². The summed E-state index contributed by atoms with van der Waals surface area (Å²) in [5.41, 5.74) is 2.21. The van der Waals surface area contributed by atoms with Gasteiger partial charge in [-0.05, 0) is 49.4 Å². The van der Waals surface area contributed by atoms with E-state index >= 15 is 0 Å². The Morgan fingerprint density at radius 2 is 2.27 bits per heavy atom. The number of aliphatic imine (C=N–C) groups is 1. The quantitative estimate of drug-likeness (QED) is 0.427. The Morgan fingerprint density at radius 3 is 3.00 bits per heavy atom. The molecule has 0 radical (unpaired) electrons. The average Bonchev–Trinajstić information content (AvgIpc) is 3.32. The second kappa shape index (κ2) is 9.38. The molecule has 1 aliphatic rings. The van der Waals surface area contributed by atoms with E-state index < -0.39 is 0 Å². The minimum Gasteiger partial charge on any atom is -0.379 e. The molecule has 0 amide bonds. The minimum absolute atomic E-state index is 0.630. The van der Waals surface area contributed by atoms with Crippen molar-refractivity contribution < 1.29 is 4.74 Å². The predicted octanol–water partition coefficient (Wildman–Crippen LogP) is 2.70. The first-order valence-electron chi connectivity index (χ1n) is 9.42. The molecule has 1 aliphatic carbocycles. The summed E-state index contributed by atoms with van der Waals surface area (Å²) in [7, 11) is 2.06. The highest BCUT2D eigenvalue weighted by Crippen LogP contribution is 2.28. The lowest BCUT2D eigenvalue weighted by Gasteiger charge is -2.22. The van der Waals surface area contributed by atoms with Crippen molar-refractivity contribution in [3.05, 3.63) is 48.3 Å². The fraction of sp³-hybridized carbons (Fsp3) is 0.500. The van der Waals surface area contributed by atoms with Crippen LogP contribution in [0.1, 0.15) is 25.3 Å². The van der Waals surface area contributed by atoms with E-state index in [0.29, 0.717) is 6.54 Å². The average molecular weight is 355 g/mol. The van der Waals surface area contributed by atoms with E-state index in [0.717, 1.165) is 49.4 Å². The van der Waals surface area contributed by atoms with Crippen molar-refractivity contribution in [2.24, 2.45) is 10.9 Å². The van der Waals surface area contributed by atoms with Crippen LogP contribution >= 0.6 is 0 Å². The van der Waals surface area contributed by atoms with Gasteiger partial charge < -0.3 is 15.0 Å². The Kier molecular flexibility index (Phi) is 6.66. The highest BCUT2D eigenvalue weighted by Gasteiger charge is 2.21. The van der Waals surface area contributed by atoms with Crippen LogP contribution in [0.4, 0.5) is 0 Å². The minimum atomic E-state index is 0.630. The Balaban J connectivity index is 1.56. The number of rotatable bonds is 9. The maximum Gasteiger partial charge on any atom is 0.194 e. The van der Waals surface area contributed by atoms with Crippen molar-refractivity contribution in [3.63, 3.8) is 0 Å². The van der Waals surface area contributed by atoms with Crippen molar-refractivity contribution >= 4 is 5.96 Å². The zero-order chi connectivity index (χ0) is 18.2. The van der Waals surface area contributed by atoms with Crippen LogP contribution in [-0.2, 0) is 11.3 Å². The smallest absolute Gasteiger partial charge is 0.194 e. The molecule has 140 valence electrons. The van der Waals surface area contributed by atoms with Crippen LogP contribution in [0.25, 0.3) is 5.69 Å². The molecule has 0 aliphatic heterocycles. The maximum absolute atomic E-state index is 5.74. The van der Waals surface area contributed by atoms with Gasteiger partial charge >= 0.3 is 0 Å². The zero-order valence-electron chi connectivity index (χ0n) is 15.8. The summed E-state index contributed by atoms with van der Waals surface area (Å²) in [4.78, 5) is 6.91. The summed E-state index contributed by atoms with van der Waals surface area (Å²) < 4.78 is 7.61. The lowest BCUT2D eigenvalue weighted by atomic mass is 10.2. The lowest BCUT2D eigenvalue weighted by molar-refractivity contribution is 0.115. The second-order valence-electron chi connectivity index (χ2n) is 6.73. The largest absolute Gasteiger partial charge is 0.379 e. The molecule has 1 fully saturated rings. The van der Waals surface area contributed by atoms with Gasteiger partial charge in [-0.25, -0.2) is 9.67 Å². The van der Waals surface area contributed by atoms with Crippen LogP contribution in [-0.4, -0.2) is 54.0 Å². The molecule has 1 aromatic heterocycles. The Hall–Kier alpha value is -2.34. The number of ether oxygens (including phenoxy) is 1. The van der Waals surface area contributed by atoms with Crippen LogP contribution in [0.15, 0.2) is 47.7 Å². The molecule has 26 heavy (non-hydrogen) atoms. The Morgan fingerprint density at radius 1 is 1.38 bits per heavy atom. The van der Waals surface area contributed by atoms with Crippen LogP contribution in [0.5, 0.6) is 0 Å². The number of aromatic nitrogens is 2. The molecule has 0 bridgehead atoms. The van der Waals surface area contributed by atoms with E-state index in [1.807, 2.05) is 23.0 Å². The lowest BCUT2D eigenvalue weighted by Crippen LogP contribution is -2.40. The molecule has 1 heterocycles.